The van der Waals surface area contributed by atoms with Crippen LogP contribution in [-0.4, -0.2) is 20.4 Å². The number of aromatic nitrogens is 2. The Morgan fingerprint density at radius 3 is 2.52 bits per heavy atom. The third kappa shape index (κ3) is 3.14. The van der Waals surface area contributed by atoms with Crippen LogP contribution in [0, 0.1) is 0 Å². The van der Waals surface area contributed by atoms with Crippen molar-refractivity contribution in [3.05, 3.63) is 46.9 Å². The monoisotopic (exact) mass is 363 g/mol. The van der Waals surface area contributed by atoms with Gasteiger partial charge in [0.05, 0.1) is 5.56 Å². The van der Waals surface area contributed by atoms with Gasteiger partial charge in [0.1, 0.15) is 11.5 Å². The van der Waals surface area contributed by atoms with Crippen LogP contribution in [-0.2, 0) is 0 Å². The van der Waals surface area contributed by atoms with E-state index in [4.69, 9.17) is 0 Å². The Bertz CT molecular complexity index is 774. The summed E-state index contributed by atoms with van der Waals surface area (Å²) in [5.41, 5.74) is 1.34. The van der Waals surface area contributed by atoms with Crippen molar-refractivity contribution in [1.82, 2.24) is 10.2 Å². The first-order valence-corrected chi connectivity index (χ1v) is 7.61. The van der Waals surface area contributed by atoms with E-state index in [1.807, 2.05) is 24.3 Å². The van der Waals surface area contributed by atoms with E-state index in [0.717, 1.165) is 10.2 Å². The molecule has 0 radical (unpaired) electrons. The van der Waals surface area contributed by atoms with E-state index in [1.54, 1.807) is 0 Å². The molecule has 3 N–H and O–H groups in total. The molecule has 21 heavy (non-hydrogen) atoms. The molecule has 0 aliphatic rings. The molecule has 0 amide bonds. The van der Waals surface area contributed by atoms with E-state index in [1.165, 1.54) is 29.5 Å². The highest BCUT2D eigenvalue weighted by Gasteiger charge is 2.11. The quantitative estimate of drug-likeness (QED) is 0.610. The van der Waals surface area contributed by atoms with Gasteiger partial charge < -0.3 is 15.5 Å². The van der Waals surface area contributed by atoms with E-state index in [-0.39, 0.29) is 11.5 Å². The maximum atomic E-state index is 9.82. The standard InChI is InChI=1S/C14H10BrN3O2S/c15-8-1-3-9(4-2-8)16-14-18-17-13(21-14)11-7-10(19)5-6-12(11)20/h1-7,19-20H,(H,16,18). The van der Waals surface area contributed by atoms with Gasteiger partial charge in [0.15, 0.2) is 5.01 Å². The van der Waals surface area contributed by atoms with Crippen LogP contribution in [0.25, 0.3) is 10.6 Å². The number of hydrogen-bond donors (Lipinski definition) is 3. The van der Waals surface area contributed by atoms with Crippen LogP contribution in [0.4, 0.5) is 10.8 Å². The average molecular weight is 364 g/mol. The van der Waals surface area contributed by atoms with Gasteiger partial charge in [-0.1, -0.05) is 27.3 Å². The largest absolute Gasteiger partial charge is 0.508 e. The van der Waals surface area contributed by atoms with Gasteiger partial charge in [-0.15, -0.1) is 10.2 Å². The third-order valence-electron chi connectivity index (χ3n) is 2.73. The Hall–Kier alpha value is -2.12. The SMILES string of the molecule is Oc1ccc(O)c(-c2nnc(Nc3ccc(Br)cc3)s2)c1. The maximum Gasteiger partial charge on any atom is 0.210 e. The van der Waals surface area contributed by atoms with E-state index < -0.39 is 0 Å². The molecule has 0 aliphatic carbocycles. The molecule has 0 unspecified atom stereocenters. The highest BCUT2D eigenvalue weighted by Crippen LogP contribution is 2.35. The molecule has 0 spiro atoms. The van der Waals surface area contributed by atoms with Crippen molar-refractivity contribution >= 4 is 38.1 Å². The van der Waals surface area contributed by atoms with Gasteiger partial charge in [0.25, 0.3) is 0 Å². The highest BCUT2D eigenvalue weighted by atomic mass is 79.9. The van der Waals surface area contributed by atoms with Crippen LogP contribution in [0.15, 0.2) is 46.9 Å². The number of nitrogens with one attached hydrogen (secondary N) is 1. The Labute approximate surface area is 133 Å². The lowest BCUT2D eigenvalue weighted by atomic mass is 10.2. The second kappa shape index (κ2) is 5.71. The van der Waals surface area contributed by atoms with E-state index in [9.17, 15) is 10.2 Å². The van der Waals surface area contributed by atoms with Crippen molar-refractivity contribution in [2.45, 2.75) is 0 Å². The summed E-state index contributed by atoms with van der Waals surface area (Å²) < 4.78 is 0.996. The van der Waals surface area contributed by atoms with Crippen molar-refractivity contribution in [2.24, 2.45) is 0 Å². The van der Waals surface area contributed by atoms with Gasteiger partial charge in [-0.05, 0) is 42.5 Å². The zero-order valence-electron chi connectivity index (χ0n) is 10.6. The number of nitrogens with zero attached hydrogens (tertiary/aromatic N) is 2. The minimum Gasteiger partial charge on any atom is -0.508 e. The Morgan fingerprint density at radius 1 is 1.00 bits per heavy atom. The van der Waals surface area contributed by atoms with Gasteiger partial charge in [-0.2, -0.15) is 0 Å². The molecule has 1 heterocycles. The Morgan fingerprint density at radius 2 is 1.76 bits per heavy atom. The van der Waals surface area contributed by atoms with Gasteiger partial charge in [0.2, 0.25) is 5.13 Å². The number of halogens is 1. The van der Waals surface area contributed by atoms with Crippen LogP contribution < -0.4 is 5.32 Å². The number of hydrogen-bond acceptors (Lipinski definition) is 6. The topological polar surface area (TPSA) is 78.3 Å². The first-order chi connectivity index (χ1) is 10.1. The number of aromatic hydroxyl groups is 2. The molecule has 7 heteroatoms. The fraction of sp³-hybridized carbons (Fsp3) is 0. The van der Waals surface area contributed by atoms with Crippen molar-refractivity contribution in [3.63, 3.8) is 0 Å². The van der Waals surface area contributed by atoms with E-state index in [0.29, 0.717) is 15.7 Å². The summed E-state index contributed by atoms with van der Waals surface area (Å²) >= 11 is 4.67. The average Bonchev–Trinajstić information content (AvgIpc) is 2.92. The molecular formula is C14H10BrN3O2S. The highest BCUT2D eigenvalue weighted by molar-refractivity contribution is 9.10. The predicted molar refractivity (Wildman–Crippen MR) is 86.1 cm³/mol. The third-order valence-corrected chi connectivity index (χ3v) is 4.13. The second-order valence-electron chi connectivity index (χ2n) is 4.25. The summed E-state index contributed by atoms with van der Waals surface area (Å²) in [5, 5.41) is 31.6. The molecule has 0 aliphatic heterocycles. The number of phenolic OH excluding ortho intramolecular Hbond substituents is 2. The first kappa shape index (κ1) is 13.8. The fourth-order valence-corrected chi connectivity index (χ4v) is 2.79. The lowest BCUT2D eigenvalue weighted by Gasteiger charge is -2.01. The summed E-state index contributed by atoms with van der Waals surface area (Å²) in [6.07, 6.45) is 0. The molecule has 3 rings (SSSR count). The predicted octanol–water partition coefficient (Wildman–Crippen LogP) is 4.12. The van der Waals surface area contributed by atoms with Gasteiger partial charge in [0, 0.05) is 10.2 Å². The summed E-state index contributed by atoms with van der Waals surface area (Å²) in [6, 6.07) is 12.0. The summed E-state index contributed by atoms with van der Waals surface area (Å²) in [5.74, 6) is 0.125. The summed E-state index contributed by atoms with van der Waals surface area (Å²) in [6.45, 7) is 0. The molecule has 3 aromatic rings. The number of benzene rings is 2. The van der Waals surface area contributed by atoms with Gasteiger partial charge in [-0.3, -0.25) is 0 Å². The maximum absolute atomic E-state index is 9.82. The zero-order valence-corrected chi connectivity index (χ0v) is 13.0. The van der Waals surface area contributed by atoms with Gasteiger partial charge in [-0.25, -0.2) is 0 Å². The molecule has 0 atom stereocenters. The zero-order chi connectivity index (χ0) is 14.8. The normalized spacial score (nSPS) is 10.5. The number of rotatable bonds is 3. The van der Waals surface area contributed by atoms with Crippen LogP contribution in [0.2, 0.25) is 0 Å². The molecule has 0 bridgehead atoms. The summed E-state index contributed by atoms with van der Waals surface area (Å²) in [4.78, 5) is 0. The molecule has 2 aromatic carbocycles. The van der Waals surface area contributed by atoms with Crippen molar-refractivity contribution in [2.75, 3.05) is 5.32 Å². The minimum atomic E-state index is 0.0548. The second-order valence-corrected chi connectivity index (χ2v) is 6.14. The molecule has 0 saturated carbocycles. The van der Waals surface area contributed by atoms with Crippen LogP contribution in [0.1, 0.15) is 0 Å². The van der Waals surface area contributed by atoms with Crippen molar-refractivity contribution < 1.29 is 10.2 Å². The number of phenols is 2. The fourth-order valence-electron chi connectivity index (χ4n) is 1.73. The number of anilines is 2. The molecule has 5 nitrogen and oxygen atoms in total. The van der Waals surface area contributed by atoms with E-state index >= 15 is 0 Å². The lowest BCUT2D eigenvalue weighted by Crippen LogP contribution is -1.88. The molecule has 0 fully saturated rings. The smallest absolute Gasteiger partial charge is 0.210 e. The van der Waals surface area contributed by atoms with Crippen molar-refractivity contribution in [3.8, 4) is 22.1 Å². The van der Waals surface area contributed by atoms with Crippen molar-refractivity contribution in [1.29, 1.82) is 0 Å². The molecule has 0 saturated heterocycles. The lowest BCUT2D eigenvalue weighted by molar-refractivity contribution is 0.462. The van der Waals surface area contributed by atoms with E-state index in [2.05, 4.69) is 31.4 Å². The first-order valence-electron chi connectivity index (χ1n) is 6.00. The summed E-state index contributed by atoms with van der Waals surface area (Å²) in [7, 11) is 0. The minimum absolute atomic E-state index is 0.0548. The molecule has 1 aromatic heterocycles. The molecule has 106 valence electrons. The Kier molecular flexibility index (Phi) is 3.76. The molecular weight excluding hydrogens is 354 g/mol. The Balaban J connectivity index is 1.86. The van der Waals surface area contributed by atoms with Crippen LogP contribution >= 0.6 is 27.3 Å². The van der Waals surface area contributed by atoms with Crippen LogP contribution in [0.3, 0.4) is 0 Å². The van der Waals surface area contributed by atoms with Crippen LogP contribution in [0.5, 0.6) is 11.5 Å². The van der Waals surface area contributed by atoms with Gasteiger partial charge >= 0.3 is 0 Å².